The van der Waals surface area contributed by atoms with Crippen molar-refractivity contribution in [1.29, 1.82) is 0 Å². The van der Waals surface area contributed by atoms with Gasteiger partial charge in [0.05, 0.1) is 0 Å². The normalized spacial score (nSPS) is 10.9. The van der Waals surface area contributed by atoms with Crippen LogP contribution in [0.5, 0.6) is 0 Å². The molecule has 0 radical (unpaired) electrons. The first-order chi connectivity index (χ1) is 8.47. The zero-order chi connectivity index (χ0) is 14.0. The number of carbonyl (C=O) groups excluding carboxylic acids is 1. The Bertz CT molecular complexity index is 366. The highest BCUT2D eigenvalue weighted by molar-refractivity contribution is 5.95. The van der Waals surface area contributed by atoms with Gasteiger partial charge in [0.15, 0.2) is 0 Å². The molecule has 18 heavy (non-hydrogen) atoms. The molecule has 1 unspecified atom stereocenters. The molecule has 1 amide bonds. The molecule has 0 aromatic heterocycles. The standard InChI is InChI=1S/C12H17NO5/c1-2-6-10(14)13-9(12(17)18)7-4-3-5-8-11(15)16/h9H,3-5,7-8H2,1H3,(H,13,14)(H,15,16)(H,17,18). The maximum absolute atomic E-state index is 11.1. The Kier molecular flexibility index (Phi) is 8.03. The van der Waals surface area contributed by atoms with Crippen LogP contribution in [0.2, 0.25) is 0 Å². The number of nitrogens with one attached hydrogen (secondary N) is 1. The van der Waals surface area contributed by atoms with E-state index in [0.29, 0.717) is 19.3 Å². The molecule has 0 aliphatic carbocycles. The van der Waals surface area contributed by atoms with Gasteiger partial charge in [0.1, 0.15) is 6.04 Å². The summed E-state index contributed by atoms with van der Waals surface area (Å²) in [7, 11) is 0. The second-order valence-corrected chi connectivity index (χ2v) is 3.73. The second-order valence-electron chi connectivity index (χ2n) is 3.73. The molecule has 3 N–H and O–H groups in total. The summed E-state index contributed by atoms with van der Waals surface area (Å²) in [4.78, 5) is 32.2. The fourth-order valence-electron chi connectivity index (χ4n) is 1.37. The highest BCUT2D eigenvalue weighted by Gasteiger charge is 2.18. The molecule has 100 valence electrons. The van der Waals surface area contributed by atoms with Crippen LogP contribution in [0.3, 0.4) is 0 Å². The Labute approximate surface area is 105 Å². The van der Waals surface area contributed by atoms with Crippen molar-refractivity contribution in [3.8, 4) is 11.8 Å². The lowest BCUT2D eigenvalue weighted by Crippen LogP contribution is -2.40. The SMILES string of the molecule is CC#CC(=O)NC(CCCCCC(=O)O)C(=O)O. The van der Waals surface area contributed by atoms with Gasteiger partial charge in [-0.2, -0.15) is 0 Å². The van der Waals surface area contributed by atoms with Crippen molar-refractivity contribution in [2.24, 2.45) is 0 Å². The van der Waals surface area contributed by atoms with E-state index in [1.54, 1.807) is 0 Å². The highest BCUT2D eigenvalue weighted by Crippen LogP contribution is 2.06. The van der Waals surface area contributed by atoms with Gasteiger partial charge >= 0.3 is 11.9 Å². The highest BCUT2D eigenvalue weighted by atomic mass is 16.4. The molecular formula is C12H17NO5. The number of hydrogen-bond acceptors (Lipinski definition) is 3. The van der Waals surface area contributed by atoms with E-state index in [1.807, 2.05) is 0 Å². The fraction of sp³-hybridized carbons (Fsp3) is 0.583. The molecule has 0 spiro atoms. The molecule has 0 aliphatic rings. The number of carboxylic acid groups (broad SMARTS) is 2. The number of amides is 1. The minimum atomic E-state index is -1.11. The molecule has 0 aromatic rings. The van der Waals surface area contributed by atoms with E-state index >= 15 is 0 Å². The number of hydrogen-bond donors (Lipinski definition) is 3. The van der Waals surface area contributed by atoms with E-state index in [1.165, 1.54) is 6.92 Å². The average molecular weight is 255 g/mol. The van der Waals surface area contributed by atoms with E-state index < -0.39 is 23.9 Å². The maximum atomic E-state index is 11.1. The van der Waals surface area contributed by atoms with Gasteiger partial charge in [-0.3, -0.25) is 9.59 Å². The van der Waals surface area contributed by atoms with Crippen LogP contribution in [0.25, 0.3) is 0 Å². The second kappa shape index (κ2) is 9.05. The maximum Gasteiger partial charge on any atom is 0.326 e. The predicted molar refractivity (Wildman–Crippen MR) is 63.7 cm³/mol. The minimum Gasteiger partial charge on any atom is -0.481 e. The van der Waals surface area contributed by atoms with Gasteiger partial charge in [-0.25, -0.2) is 4.79 Å². The van der Waals surface area contributed by atoms with E-state index in [9.17, 15) is 14.4 Å². The molecule has 0 heterocycles. The van der Waals surface area contributed by atoms with Gasteiger partial charge in [0.25, 0.3) is 5.91 Å². The van der Waals surface area contributed by atoms with E-state index in [4.69, 9.17) is 10.2 Å². The number of aliphatic carboxylic acids is 2. The minimum absolute atomic E-state index is 0.0748. The zero-order valence-electron chi connectivity index (χ0n) is 10.2. The first-order valence-electron chi connectivity index (χ1n) is 5.65. The van der Waals surface area contributed by atoms with Crippen LogP contribution < -0.4 is 5.32 Å². The average Bonchev–Trinajstić information content (AvgIpc) is 2.26. The smallest absolute Gasteiger partial charge is 0.326 e. The number of carbonyl (C=O) groups is 3. The van der Waals surface area contributed by atoms with Gasteiger partial charge in [-0.05, 0) is 25.7 Å². The topological polar surface area (TPSA) is 104 Å². The first kappa shape index (κ1) is 16.0. The quantitative estimate of drug-likeness (QED) is 0.435. The Hall–Kier alpha value is -2.03. The van der Waals surface area contributed by atoms with E-state index in [2.05, 4.69) is 17.2 Å². The lowest BCUT2D eigenvalue weighted by molar-refractivity contribution is -0.141. The summed E-state index contributed by atoms with van der Waals surface area (Å²) >= 11 is 0. The van der Waals surface area contributed by atoms with Gasteiger partial charge in [-0.1, -0.05) is 18.8 Å². The van der Waals surface area contributed by atoms with E-state index in [0.717, 1.165) is 0 Å². The summed E-state index contributed by atoms with van der Waals surface area (Å²) < 4.78 is 0. The van der Waals surface area contributed by atoms with Crippen molar-refractivity contribution in [3.63, 3.8) is 0 Å². The molecule has 6 nitrogen and oxygen atoms in total. The molecule has 0 fully saturated rings. The van der Waals surface area contributed by atoms with Crippen LogP contribution in [-0.4, -0.2) is 34.1 Å². The third-order valence-corrected chi connectivity index (χ3v) is 2.23. The largest absolute Gasteiger partial charge is 0.481 e. The Morgan fingerprint density at radius 1 is 1.17 bits per heavy atom. The molecule has 0 aromatic carbocycles. The Balaban J connectivity index is 3.97. The van der Waals surface area contributed by atoms with Crippen molar-refractivity contribution in [2.45, 2.75) is 45.1 Å². The van der Waals surface area contributed by atoms with Crippen LogP contribution in [0.1, 0.15) is 39.0 Å². The third-order valence-electron chi connectivity index (χ3n) is 2.23. The summed E-state index contributed by atoms with van der Waals surface area (Å²) in [6, 6.07) is -0.969. The number of carboxylic acids is 2. The number of unbranched alkanes of at least 4 members (excludes halogenated alkanes) is 2. The van der Waals surface area contributed by atoms with Crippen LogP contribution in [0.4, 0.5) is 0 Å². The lowest BCUT2D eigenvalue weighted by Gasteiger charge is -2.12. The van der Waals surface area contributed by atoms with Gasteiger partial charge in [0.2, 0.25) is 0 Å². The monoisotopic (exact) mass is 255 g/mol. The van der Waals surface area contributed by atoms with Gasteiger partial charge in [-0.15, -0.1) is 0 Å². The van der Waals surface area contributed by atoms with Crippen molar-refractivity contribution in [3.05, 3.63) is 0 Å². The molecule has 0 aliphatic heterocycles. The van der Waals surface area contributed by atoms with Crippen molar-refractivity contribution < 1.29 is 24.6 Å². The Morgan fingerprint density at radius 3 is 2.33 bits per heavy atom. The first-order valence-corrected chi connectivity index (χ1v) is 5.65. The molecule has 0 bridgehead atoms. The van der Waals surface area contributed by atoms with Gasteiger partial charge in [0, 0.05) is 6.42 Å². The molecule has 0 saturated heterocycles. The lowest BCUT2D eigenvalue weighted by atomic mass is 10.1. The van der Waals surface area contributed by atoms with Gasteiger partial charge < -0.3 is 15.5 Å². The summed E-state index contributed by atoms with van der Waals surface area (Å²) in [6.45, 7) is 1.49. The van der Waals surface area contributed by atoms with Crippen LogP contribution in [0.15, 0.2) is 0 Å². The molecule has 0 rings (SSSR count). The summed E-state index contributed by atoms with van der Waals surface area (Å²) in [5.74, 6) is 2.00. The summed E-state index contributed by atoms with van der Waals surface area (Å²) in [5, 5.41) is 19.6. The fourth-order valence-corrected chi connectivity index (χ4v) is 1.37. The molecule has 6 heteroatoms. The van der Waals surface area contributed by atoms with Crippen molar-refractivity contribution in [2.75, 3.05) is 0 Å². The van der Waals surface area contributed by atoms with Crippen molar-refractivity contribution in [1.82, 2.24) is 5.32 Å². The third kappa shape index (κ3) is 8.16. The van der Waals surface area contributed by atoms with Crippen LogP contribution >= 0.6 is 0 Å². The zero-order valence-corrected chi connectivity index (χ0v) is 10.2. The number of rotatable bonds is 8. The van der Waals surface area contributed by atoms with Crippen LogP contribution in [0, 0.1) is 11.8 Å². The predicted octanol–water partition coefficient (Wildman–Crippen LogP) is 0.614. The van der Waals surface area contributed by atoms with Crippen molar-refractivity contribution >= 4 is 17.8 Å². The summed E-state index contributed by atoms with van der Waals surface area (Å²) in [6.07, 6.45) is 2.01. The molecule has 0 saturated carbocycles. The summed E-state index contributed by atoms with van der Waals surface area (Å²) in [5.41, 5.74) is 0. The molecule has 1 atom stereocenters. The Morgan fingerprint density at radius 2 is 1.83 bits per heavy atom. The molecular weight excluding hydrogens is 238 g/mol. The van der Waals surface area contributed by atoms with E-state index in [-0.39, 0.29) is 12.8 Å². The van der Waals surface area contributed by atoms with Crippen LogP contribution in [-0.2, 0) is 14.4 Å².